The second kappa shape index (κ2) is 7.83. The number of benzene rings is 2. The molecule has 0 fully saturated rings. The Kier molecular flexibility index (Phi) is 5.80. The van der Waals surface area contributed by atoms with Crippen molar-refractivity contribution in [2.24, 2.45) is 5.41 Å². The summed E-state index contributed by atoms with van der Waals surface area (Å²) < 4.78 is 5.27. The summed E-state index contributed by atoms with van der Waals surface area (Å²) in [6, 6.07) is 14.9. The Labute approximate surface area is 148 Å². The molecule has 2 amide bonds. The molecule has 0 aromatic heterocycles. The summed E-state index contributed by atoms with van der Waals surface area (Å²) in [5.41, 5.74) is 1.37. The van der Waals surface area contributed by atoms with Crippen LogP contribution in [-0.4, -0.2) is 18.9 Å². The second-order valence-corrected chi connectivity index (χ2v) is 6.44. The normalized spacial score (nSPS) is 10.9. The zero-order valence-corrected chi connectivity index (χ0v) is 15.1. The Morgan fingerprint density at radius 2 is 1.76 bits per heavy atom. The van der Waals surface area contributed by atoms with Gasteiger partial charge in [0, 0.05) is 17.8 Å². The molecule has 2 aromatic rings. The molecule has 5 heteroatoms. The van der Waals surface area contributed by atoms with Crippen LogP contribution in [0.5, 0.6) is 5.75 Å². The van der Waals surface area contributed by atoms with Gasteiger partial charge in [-0.2, -0.15) is 0 Å². The number of ether oxygens (including phenoxy) is 1. The first kappa shape index (κ1) is 18.5. The average Bonchev–Trinajstić information content (AvgIpc) is 2.59. The third kappa shape index (κ3) is 4.59. The number of aryl methyl sites for hydroxylation is 1. The van der Waals surface area contributed by atoms with Gasteiger partial charge in [0.25, 0.3) is 0 Å². The van der Waals surface area contributed by atoms with E-state index in [1.54, 1.807) is 27.0 Å². The van der Waals surface area contributed by atoms with E-state index in [-0.39, 0.29) is 11.8 Å². The Bertz CT molecular complexity index is 769. The van der Waals surface area contributed by atoms with Crippen LogP contribution < -0.4 is 15.4 Å². The third-order valence-electron chi connectivity index (χ3n) is 4.04. The van der Waals surface area contributed by atoms with Crippen molar-refractivity contribution in [3.63, 3.8) is 0 Å². The molecule has 2 rings (SSSR count). The Morgan fingerprint density at radius 1 is 1.04 bits per heavy atom. The van der Waals surface area contributed by atoms with E-state index in [0.717, 1.165) is 11.1 Å². The molecule has 132 valence electrons. The van der Waals surface area contributed by atoms with Crippen LogP contribution in [0.1, 0.15) is 25.0 Å². The average molecular weight is 340 g/mol. The first-order valence-corrected chi connectivity index (χ1v) is 8.13. The number of rotatable bonds is 6. The largest absolute Gasteiger partial charge is 0.496 e. The van der Waals surface area contributed by atoms with Gasteiger partial charge in [0.05, 0.1) is 7.11 Å². The van der Waals surface area contributed by atoms with E-state index in [4.69, 9.17) is 4.74 Å². The smallest absolute Gasteiger partial charge is 0.239 e. The Morgan fingerprint density at radius 3 is 2.44 bits per heavy atom. The van der Waals surface area contributed by atoms with Crippen molar-refractivity contribution in [3.05, 3.63) is 59.7 Å². The van der Waals surface area contributed by atoms with Gasteiger partial charge in [-0.3, -0.25) is 9.59 Å². The predicted octanol–water partition coefficient (Wildman–Crippen LogP) is 3.28. The summed E-state index contributed by atoms with van der Waals surface area (Å²) in [6.07, 6.45) is 0. The fourth-order valence-electron chi connectivity index (χ4n) is 2.36. The van der Waals surface area contributed by atoms with E-state index in [9.17, 15) is 9.59 Å². The van der Waals surface area contributed by atoms with Crippen LogP contribution in [0.2, 0.25) is 0 Å². The van der Waals surface area contributed by atoms with E-state index in [1.165, 1.54) is 0 Å². The minimum Gasteiger partial charge on any atom is -0.496 e. The lowest BCUT2D eigenvalue weighted by atomic mass is 9.90. The molecule has 0 bridgehead atoms. The minimum atomic E-state index is -1.20. The highest BCUT2D eigenvalue weighted by atomic mass is 16.5. The Balaban J connectivity index is 2.02. The molecule has 5 nitrogen and oxygen atoms in total. The zero-order chi connectivity index (χ0) is 18.4. The molecule has 0 unspecified atom stereocenters. The summed E-state index contributed by atoms with van der Waals surface area (Å²) in [5, 5.41) is 5.61. The van der Waals surface area contributed by atoms with Crippen LogP contribution in [0.25, 0.3) is 0 Å². The van der Waals surface area contributed by atoms with Gasteiger partial charge in [0.1, 0.15) is 11.2 Å². The van der Waals surface area contributed by atoms with Crippen molar-refractivity contribution in [2.75, 3.05) is 12.4 Å². The summed E-state index contributed by atoms with van der Waals surface area (Å²) in [6.45, 7) is 5.45. The molecular formula is C20H24N2O3. The van der Waals surface area contributed by atoms with E-state index in [1.807, 2.05) is 49.4 Å². The van der Waals surface area contributed by atoms with Crippen LogP contribution in [0.4, 0.5) is 5.69 Å². The highest BCUT2D eigenvalue weighted by Gasteiger charge is 2.36. The first-order chi connectivity index (χ1) is 11.8. The number of carbonyl (C=O) groups is 2. The fourth-order valence-corrected chi connectivity index (χ4v) is 2.36. The molecule has 0 aliphatic carbocycles. The van der Waals surface area contributed by atoms with Gasteiger partial charge in [0.2, 0.25) is 11.8 Å². The second-order valence-electron chi connectivity index (χ2n) is 6.44. The molecule has 2 N–H and O–H groups in total. The van der Waals surface area contributed by atoms with Gasteiger partial charge >= 0.3 is 0 Å². The maximum atomic E-state index is 12.5. The van der Waals surface area contributed by atoms with Crippen LogP contribution in [0.3, 0.4) is 0 Å². The van der Waals surface area contributed by atoms with Crippen LogP contribution in [-0.2, 0) is 16.1 Å². The van der Waals surface area contributed by atoms with E-state index >= 15 is 0 Å². The SMILES string of the molecule is COc1ccccc1CNC(=O)C(C)(C)C(=O)Nc1cccc(C)c1. The maximum Gasteiger partial charge on any atom is 0.239 e. The summed E-state index contributed by atoms with van der Waals surface area (Å²) in [4.78, 5) is 25.0. The number of carbonyl (C=O) groups excluding carboxylic acids is 2. The monoisotopic (exact) mass is 340 g/mol. The number of nitrogens with one attached hydrogen (secondary N) is 2. The zero-order valence-electron chi connectivity index (χ0n) is 15.1. The summed E-state index contributed by atoms with van der Waals surface area (Å²) in [5.74, 6) is 0.00371. The van der Waals surface area contributed by atoms with Crippen molar-refractivity contribution in [2.45, 2.75) is 27.3 Å². The third-order valence-corrected chi connectivity index (χ3v) is 4.04. The number of para-hydroxylation sites is 1. The van der Waals surface area contributed by atoms with Gasteiger partial charge in [-0.1, -0.05) is 30.3 Å². The topological polar surface area (TPSA) is 67.4 Å². The van der Waals surface area contributed by atoms with Crippen molar-refractivity contribution in [1.82, 2.24) is 5.32 Å². The highest BCUT2D eigenvalue weighted by molar-refractivity contribution is 6.09. The van der Waals surface area contributed by atoms with Crippen molar-refractivity contribution in [3.8, 4) is 5.75 Å². The van der Waals surface area contributed by atoms with Crippen LogP contribution in [0.15, 0.2) is 48.5 Å². The van der Waals surface area contributed by atoms with E-state index in [2.05, 4.69) is 10.6 Å². The summed E-state index contributed by atoms with van der Waals surface area (Å²) >= 11 is 0. The number of hydrogen-bond acceptors (Lipinski definition) is 3. The molecule has 25 heavy (non-hydrogen) atoms. The highest BCUT2D eigenvalue weighted by Crippen LogP contribution is 2.21. The molecule has 0 aliphatic heterocycles. The standard InChI is InChI=1S/C20H24N2O3/c1-14-8-7-10-16(12-14)22-19(24)20(2,3)18(23)21-13-15-9-5-6-11-17(15)25-4/h5-12H,13H2,1-4H3,(H,21,23)(H,22,24). The van der Waals surface area contributed by atoms with Crippen LogP contribution in [0, 0.1) is 12.3 Å². The molecule has 0 heterocycles. The minimum absolute atomic E-state index is 0.296. The molecule has 0 radical (unpaired) electrons. The molecule has 0 aliphatic rings. The first-order valence-electron chi connectivity index (χ1n) is 8.13. The van der Waals surface area contributed by atoms with E-state index in [0.29, 0.717) is 18.0 Å². The molecule has 2 aromatic carbocycles. The number of methoxy groups -OCH3 is 1. The molecule has 0 spiro atoms. The van der Waals surface area contributed by atoms with Crippen LogP contribution >= 0.6 is 0 Å². The fraction of sp³-hybridized carbons (Fsp3) is 0.300. The molecule has 0 saturated heterocycles. The molecule has 0 saturated carbocycles. The molecular weight excluding hydrogens is 316 g/mol. The van der Waals surface area contributed by atoms with Gasteiger partial charge in [-0.15, -0.1) is 0 Å². The lowest BCUT2D eigenvalue weighted by molar-refractivity contribution is -0.138. The predicted molar refractivity (Wildman–Crippen MR) is 98.4 cm³/mol. The number of hydrogen-bond donors (Lipinski definition) is 2. The van der Waals surface area contributed by atoms with Gasteiger partial charge in [0.15, 0.2) is 0 Å². The van der Waals surface area contributed by atoms with E-state index < -0.39 is 5.41 Å². The van der Waals surface area contributed by atoms with Crippen molar-refractivity contribution < 1.29 is 14.3 Å². The van der Waals surface area contributed by atoms with Gasteiger partial charge < -0.3 is 15.4 Å². The van der Waals surface area contributed by atoms with Crippen molar-refractivity contribution in [1.29, 1.82) is 0 Å². The van der Waals surface area contributed by atoms with Crippen molar-refractivity contribution >= 4 is 17.5 Å². The molecule has 0 atom stereocenters. The van der Waals surface area contributed by atoms with Gasteiger partial charge in [-0.25, -0.2) is 0 Å². The lowest BCUT2D eigenvalue weighted by Gasteiger charge is -2.23. The van der Waals surface area contributed by atoms with Gasteiger partial charge in [-0.05, 0) is 44.5 Å². The number of anilines is 1. The maximum absolute atomic E-state index is 12.5. The number of amides is 2. The Hall–Kier alpha value is -2.82. The summed E-state index contributed by atoms with van der Waals surface area (Å²) in [7, 11) is 1.58. The lowest BCUT2D eigenvalue weighted by Crippen LogP contribution is -2.44. The quantitative estimate of drug-likeness (QED) is 0.793.